The van der Waals surface area contributed by atoms with Crippen molar-refractivity contribution in [3.8, 4) is 0 Å². The maximum absolute atomic E-state index is 11.0. The number of carbonyl (C=O) groups excluding carboxylic acids is 1. The number of rotatable bonds is 3. The number of esters is 1. The SMILES string of the molecule is COC(=O)CNc1c(C)cc(C)cc1Br. The molecule has 1 aromatic rings. The van der Waals surface area contributed by atoms with Gasteiger partial charge < -0.3 is 10.1 Å². The van der Waals surface area contributed by atoms with E-state index in [2.05, 4.69) is 32.0 Å². The van der Waals surface area contributed by atoms with Crippen LogP contribution in [0.15, 0.2) is 16.6 Å². The Kier molecular flexibility index (Phi) is 4.15. The van der Waals surface area contributed by atoms with E-state index in [1.165, 1.54) is 12.7 Å². The second kappa shape index (κ2) is 5.16. The molecule has 0 aliphatic heterocycles. The Hall–Kier alpha value is -1.03. The van der Waals surface area contributed by atoms with Crippen molar-refractivity contribution < 1.29 is 9.53 Å². The fourth-order valence-electron chi connectivity index (χ4n) is 1.37. The number of nitrogens with one attached hydrogen (secondary N) is 1. The first kappa shape index (κ1) is 12.0. The molecule has 15 heavy (non-hydrogen) atoms. The zero-order valence-electron chi connectivity index (χ0n) is 9.06. The Morgan fingerprint density at radius 3 is 2.67 bits per heavy atom. The van der Waals surface area contributed by atoms with E-state index in [1.54, 1.807) is 0 Å². The minimum absolute atomic E-state index is 0.180. The van der Waals surface area contributed by atoms with Gasteiger partial charge in [-0.25, -0.2) is 0 Å². The van der Waals surface area contributed by atoms with Crippen molar-refractivity contribution in [2.45, 2.75) is 13.8 Å². The van der Waals surface area contributed by atoms with Gasteiger partial charge in [-0.3, -0.25) is 4.79 Å². The largest absolute Gasteiger partial charge is 0.468 e. The van der Waals surface area contributed by atoms with Gasteiger partial charge in [0.2, 0.25) is 0 Å². The number of benzene rings is 1. The molecule has 0 fully saturated rings. The number of halogens is 1. The summed E-state index contributed by atoms with van der Waals surface area (Å²) in [5, 5.41) is 3.04. The van der Waals surface area contributed by atoms with Crippen LogP contribution in [0.1, 0.15) is 11.1 Å². The molecule has 1 rings (SSSR count). The third kappa shape index (κ3) is 3.23. The lowest BCUT2D eigenvalue weighted by atomic mass is 10.1. The first-order valence-electron chi connectivity index (χ1n) is 4.62. The average molecular weight is 272 g/mol. The van der Waals surface area contributed by atoms with Crippen LogP contribution in [0.25, 0.3) is 0 Å². The van der Waals surface area contributed by atoms with Crippen LogP contribution in [-0.2, 0) is 9.53 Å². The molecular formula is C11H14BrNO2. The van der Waals surface area contributed by atoms with Crippen molar-refractivity contribution in [1.29, 1.82) is 0 Å². The number of hydrogen-bond donors (Lipinski definition) is 1. The molecule has 0 amide bonds. The van der Waals surface area contributed by atoms with E-state index >= 15 is 0 Å². The average Bonchev–Trinajstić information content (AvgIpc) is 2.15. The van der Waals surface area contributed by atoms with Crippen LogP contribution < -0.4 is 5.32 Å². The number of carbonyl (C=O) groups is 1. The van der Waals surface area contributed by atoms with Crippen molar-refractivity contribution in [2.24, 2.45) is 0 Å². The summed E-state index contributed by atoms with van der Waals surface area (Å²) < 4.78 is 5.52. The highest BCUT2D eigenvalue weighted by Crippen LogP contribution is 2.27. The van der Waals surface area contributed by atoms with E-state index in [-0.39, 0.29) is 12.5 Å². The molecule has 0 spiro atoms. The van der Waals surface area contributed by atoms with Gasteiger partial charge in [-0.15, -0.1) is 0 Å². The highest BCUT2D eigenvalue weighted by atomic mass is 79.9. The van der Waals surface area contributed by atoms with Crippen LogP contribution >= 0.6 is 15.9 Å². The van der Waals surface area contributed by atoms with Crippen LogP contribution in [0.2, 0.25) is 0 Å². The minimum atomic E-state index is -0.276. The van der Waals surface area contributed by atoms with Gasteiger partial charge >= 0.3 is 5.97 Å². The molecule has 1 aromatic carbocycles. The lowest BCUT2D eigenvalue weighted by molar-refractivity contribution is -0.138. The van der Waals surface area contributed by atoms with Crippen molar-refractivity contribution in [1.82, 2.24) is 0 Å². The lowest BCUT2D eigenvalue weighted by Crippen LogP contribution is -2.15. The Balaban J connectivity index is 2.81. The van der Waals surface area contributed by atoms with Gasteiger partial charge in [0.1, 0.15) is 6.54 Å². The summed E-state index contributed by atoms with van der Waals surface area (Å²) in [6.07, 6.45) is 0. The Labute approximate surface area is 97.9 Å². The molecule has 0 heterocycles. The predicted octanol–water partition coefficient (Wildman–Crippen LogP) is 2.65. The monoisotopic (exact) mass is 271 g/mol. The van der Waals surface area contributed by atoms with E-state index in [1.807, 2.05) is 19.9 Å². The summed E-state index contributed by atoms with van der Waals surface area (Å²) in [4.78, 5) is 11.0. The Morgan fingerprint density at radius 1 is 1.47 bits per heavy atom. The number of hydrogen-bond acceptors (Lipinski definition) is 3. The van der Waals surface area contributed by atoms with Gasteiger partial charge in [0.15, 0.2) is 0 Å². The maximum atomic E-state index is 11.0. The molecule has 0 unspecified atom stereocenters. The third-order valence-electron chi connectivity index (χ3n) is 2.07. The normalized spacial score (nSPS) is 9.87. The van der Waals surface area contributed by atoms with Crippen LogP contribution in [0.4, 0.5) is 5.69 Å². The first-order valence-corrected chi connectivity index (χ1v) is 5.41. The van der Waals surface area contributed by atoms with Gasteiger partial charge in [0.05, 0.1) is 12.8 Å². The predicted molar refractivity (Wildman–Crippen MR) is 64.1 cm³/mol. The molecule has 0 bridgehead atoms. The summed E-state index contributed by atoms with van der Waals surface area (Å²) in [5.41, 5.74) is 3.22. The van der Waals surface area contributed by atoms with Crippen LogP contribution in [0, 0.1) is 13.8 Å². The number of ether oxygens (including phenoxy) is 1. The molecular weight excluding hydrogens is 258 g/mol. The number of anilines is 1. The summed E-state index contributed by atoms with van der Waals surface area (Å²) in [6.45, 7) is 4.21. The molecule has 3 nitrogen and oxygen atoms in total. The van der Waals surface area contributed by atoms with Crippen LogP contribution in [0.5, 0.6) is 0 Å². The van der Waals surface area contributed by atoms with E-state index in [0.29, 0.717) is 0 Å². The van der Waals surface area contributed by atoms with Gasteiger partial charge in [0, 0.05) is 4.47 Å². The maximum Gasteiger partial charge on any atom is 0.325 e. The summed E-state index contributed by atoms with van der Waals surface area (Å²) in [6, 6.07) is 4.07. The van der Waals surface area contributed by atoms with E-state index < -0.39 is 0 Å². The third-order valence-corrected chi connectivity index (χ3v) is 2.69. The second-order valence-corrected chi connectivity index (χ2v) is 4.22. The Morgan fingerprint density at radius 2 is 2.13 bits per heavy atom. The first-order chi connectivity index (χ1) is 7.04. The highest BCUT2D eigenvalue weighted by molar-refractivity contribution is 9.10. The number of methoxy groups -OCH3 is 1. The standard InChI is InChI=1S/C11H14BrNO2/c1-7-4-8(2)11(9(12)5-7)13-6-10(14)15-3/h4-5,13H,6H2,1-3H3. The Bertz CT molecular complexity index is 354. The minimum Gasteiger partial charge on any atom is -0.468 e. The van der Waals surface area contributed by atoms with Gasteiger partial charge in [0.25, 0.3) is 0 Å². The second-order valence-electron chi connectivity index (χ2n) is 3.37. The molecule has 0 aliphatic rings. The highest BCUT2D eigenvalue weighted by Gasteiger charge is 2.06. The van der Waals surface area contributed by atoms with Crippen molar-refractivity contribution in [3.05, 3.63) is 27.7 Å². The molecule has 4 heteroatoms. The van der Waals surface area contributed by atoms with E-state index in [0.717, 1.165) is 15.7 Å². The van der Waals surface area contributed by atoms with Crippen LogP contribution in [0.3, 0.4) is 0 Å². The van der Waals surface area contributed by atoms with Gasteiger partial charge in [-0.2, -0.15) is 0 Å². The zero-order chi connectivity index (χ0) is 11.4. The molecule has 0 radical (unpaired) electrons. The van der Waals surface area contributed by atoms with Gasteiger partial charge in [-0.1, -0.05) is 6.07 Å². The molecule has 0 saturated carbocycles. The van der Waals surface area contributed by atoms with Crippen molar-refractivity contribution in [2.75, 3.05) is 19.0 Å². The summed E-state index contributed by atoms with van der Waals surface area (Å²) in [7, 11) is 1.38. The number of aryl methyl sites for hydroxylation is 2. The van der Waals surface area contributed by atoms with Gasteiger partial charge in [-0.05, 0) is 47.0 Å². The lowest BCUT2D eigenvalue weighted by Gasteiger charge is -2.11. The topological polar surface area (TPSA) is 38.3 Å². The summed E-state index contributed by atoms with van der Waals surface area (Å²) >= 11 is 3.46. The van der Waals surface area contributed by atoms with E-state index in [4.69, 9.17) is 0 Å². The molecule has 1 N–H and O–H groups in total. The van der Waals surface area contributed by atoms with Crippen molar-refractivity contribution >= 4 is 27.6 Å². The molecule has 0 saturated heterocycles. The fraction of sp³-hybridized carbons (Fsp3) is 0.364. The zero-order valence-corrected chi connectivity index (χ0v) is 10.6. The summed E-state index contributed by atoms with van der Waals surface area (Å²) in [5.74, 6) is -0.276. The quantitative estimate of drug-likeness (QED) is 0.860. The fourth-order valence-corrected chi connectivity index (χ4v) is 2.19. The molecule has 82 valence electrons. The van der Waals surface area contributed by atoms with Crippen molar-refractivity contribution in [3.63, 3.8) is 0 Å². The molecule has 0 aromatic heterocycles. The van der Waals surface area contributed by atoms with Crippen LogP contribution in [-0.4, -0.2) is 19.6 Å². The smallest absolute Gasteiger partial charge is 0.325 e. The molecule has 0 atom stereocenters. The molecule has 0 aliphatic carbocycles. The van der Waals surface area contributed by atoms with E-state index in [9.17, 15) is 4.79 Å².